The van der Waals surface area contributed by atoms with Crippen LogP contribution in [0, 0.1) is 0 Å². The first kappa shape index (κ1) is 18.8. The molecule has 142 valence electrons. The van der Waals surface area contributed by atoms with E-state index < -0.39 is 11.5 Å². The summed E-state index contributed by atoms with van der Waals surface area (Å²) in [5.41, 5.74) is 1.07. The number of benzene rings is 1. The maximum Gasteiger partial charge on any atom is 0.345 e. The van der Waals surface area contributed by atoms with Crippen LogP contribution in [0.25, 0.3) is 5.65 Å². The Bertz CT molecular complexity index is 958. The van der Waals surface area contributed by atoms with E-state index in [9.17, 15) is 9.59 Å². The highest BCUT2D eigenvalue weighted by molar-refractivity contribution is 5.88. The minimum atomic E-state index is -0.637. The standard InChI is InChI=1S/C20H24N4O3/c1-3-22(4-2)12-13-27-20(26)17-14-21-18-10-11-23(24(18)19(17)25)15-16-8-6-5-7-9-16/h5-11,14H,3-4,12-13,15H2,1-2H3. The number of likely N-dealkylation sites (N-methyl/N-ethyl adjacent to an activating group) is 1. The molecule has 0 aliphatic heterocycles. The zero-order valence-electron chi connectivity index (χ0n) is 15.7. The number of esters is 1. The van der Waals surface area contributed by atoms with Gasteiger partial charge in [-0.2, -0.15) is 4.52 Å². The molecule has 0 saturated heterocycles. The van der Waals surface area contributed by atoms with Gasteiger partial charge in [0, 0.05) is 25.0 Å². The fourth-order valence-electron chi connectivity index (χ4n) is 2.96. The molecule has 3 rings (SSSR count). The van der Waals surface area contributed by atoms with Crippen molar-refractivity contribution >= 4 is 11.6 Å². The van der Waals surface area contributed by atoms with Gasteiger partial charge in [-0.25, -0.2) is 9.78 Å². The van der Waals surface area contributed by atoms with Gasteiger partial charge < -0.3 is 9.64 Å². The Morgan fingerprint density at radius 2 is 1.89 bits per heavy atom. The number of fused-ring (bicyclic) bond motifs is 1. The number of rotatable bonds is 8. The SMILES string of the molecule is CCN(CC)CCOC(=O)c1cnc2ccn(Cc3ccccc3)n2c1=O. The molecule has 27 heavy (non-hydrogen) atoms. The number of carbonyl (C=O) groups excluding carboxylic acids is 1. The van der Waals surface area contributed by atoms with E-state index >= 15 is 0 Å². The van der Waals surface area contributed by atoms with Crippen molar-refractivity contribution in [2.45, 2.75) is 20.4 Å². The lowest BCUT2D eigenvalue weighted by molar-refractivity contribution is 0.0463. The van der Waals surface area contributed by atoms with Crippen molar-refractivity contribution in [3.05, 3.63) is 70.3 Å². The van der Waals surface area contributed by atoms with Gasteiger partial charge in [-0.1, -0.05) is 44.2 Å². The number of ether oxygens (including phenoxy) is 1. The lowest BCUT2D eigenvalue weighted by atomic mass is 10.2. The van der Waals surface area contributed by atoms with E-state index in [0.717, 1.165) is 18.7 Å². The molecule has 7 nitrogen and oxygen atoms in total. The van der Waals surface area contributed by atoms with Crippen LogP contribution in [0.3, 0.4) is 0 Å². The van der Waals surface area contributed by atoms with Crippen LogP contribution in [-0.4, -0.2) is 51.3 Å². The Morgan fingerprint density at radius 1 is 1.15 bits per heavy atom. The van der Waals surface area contributed by atoms with Gasteiger partial charge in [-0.15, -0.1) is 0 Å². The summed E-state index contributed by atoms with van der Waals surface area (Å²) in [5.74, 6) is -0.637. The summed E-state index contributed by atoms with van der Waals surface area (Å²) < 4.78 is 8.44. The molecular weight excluding hydrogens is 344 g/mol. The predicted octanol–water partition coefficient (Wildman–Crippen LogP) is 2.04. The first-order valence-electron chi connectivity index (χ1n) is 9.14. The van der Waals surface area contributed by atoms with Gasteiger partial charge in [-0.05, 0) is 18.7 Å². The zero-order chi connectivity index (χ0) is 19.2. The van der Waals surface area contributed by atoms with Gasteiger partial charge in [0.15, 0.2) is 5.65 Å². The molecule has 0 aliphatic carbocycles. The molecule has 1 aromatic carbocycles. The molecule has 0 spiro atoms. The third-order valence-electron chi connectivity index (χ3n) is 4.56. The smallest absolute Gasteiger partial charge is 0.345 e. The average molecular weight is 368 g/mol. The van der Waals surface area contributed by atoms with Gasteiger partial charge in [0.25, 0.3) is 5.56 Å². The van der Waals surface area contributed by atoms with Crippen LogP contribution in [0.1, 0.15) is 29.8 Å². The minimum Gasteiger partial charge on any atom is -0.461 e. The molecule has 3 aromatic rings. The Balaban J connectivity index is 1.81. The highest BCUT2D eigenvalue weighted by Gasteiger charge is 2.17. The van der Waals surface area contributed by atoms with Crippen molar-refractivity contribution < 1.29 is 9.53 Å². The van der Waals surface area contributed by atoms with E-state index in [4.69, 9.17) is 4.74 Å². The molecule has 0 amide bonds. The van der Waals surface area contributed by atoms with E-state index in [1.165, 1.54) is 10.7 Å². The van der Waals surface area contributed by atoms with Gasteiger partial charge >= 0.3 is 5.97 Å². The van der Waals surface area contributed by atoms with Crippen LogP contribution in [0.4, 0.5) is 0 Å². The predicted molar refractivity (Wildman–Crippen MR) is 103 cm³/mol. The molecule has 0 bridgehead atoms. The summed E-state index contributed by atoms with van der Waals surface area (Å²) in [6.07, 6.45) is 3.08. The van der Waals surface area contributed by atoms with Crippen LogP contribution in [0.5, 0.6) is 0 Å². The summed E-state index contributed by atoms with van der Waals surface area (Å²) in [7, 11) is 0. The van der Waals surface area contributed by atoms with Crippen molar-refractivity contribution in [2.24, 2.45) is 0 Å². The van der Waals surface area contributed by atoms with E-state index in [-0.39, 0.29) is 12.2 Å². The van der Waals surface area contributed by atoms with Gasteiger partial charge in [-0.3, -0.25) is 9.48 Å². The van der Waals surface area contributed by atoms with E-state index in [0.29, 0.717) is 18.7 Å². The summed E-state index contributed by atoms with van der Waals surface area (Å²) in [4.78, 5) is 31.6. The first-order chi connectivity index (χ1) is 13.1. The van der Waals surface area contributed by atoms with Gasteiger partial charge in [0.1, 0.15) is 12.2 Å². The van der Waals surface area contributed by atoms with Gasteiger partial charge in [0.2, 0.25) is 0 Å². The van der Waals surface area contributed by atoms with Crippen LogP contribution in [0.15, 0.2) is 53.6 Å². The average Bonchev–Trinajstić information content (AvgIpc) is 3.10. The Morgan fingerprint density at radius 3 is 2.59 bits per heavy atom. The number of hydrogen-bond acceptors (Lipinski definition) is 5. The first-order valence-corrected chi connectivity index (χ1v) is 9.14. The molecule has 2 aromatic heterocycles. The van der Waals surface area contributed by atoms with Crippen molar-refractivity contribution in [3.63, 3.8) is 0 Å². The molecule has 0 saturated carbocycles. The van der Waals surface area contributed by atoms with Crippen LogP contribution < -0.4 is 5.56 Å². The molecule has 0 fully saturated rings. The Labute approximate surface area is 157 Å². The van der Waals surface area contributed by atoms with E-state index in [1.54, 1.807) is 16.9 Å². The molecule has 0 aliphatic rings. The van der Waals surface area contributed by atoms with Gasteiger partial charge in [0.05, 0.1) is 6.54 Å². The zero-order valence-corrected chi connectivity index (χ0v) is 15.7. The molecule has 0 atom stereocenters. The van der Waals surface area contributed by atoms with Crippen molar-refractivity contribution in [3.8, 4) is 0 Å². The number of aromatic nitrogens is 3. The van der Waals surface area contributed by atoms with E-state index in [1.807, 2.05) is 30.3 Å². The maximum atomic E-state index is 12.8. The fourth-order valence-corrected chi connectivity index (χ4v) is 2.96. The second kappa shape index (κ2) is 8.64. The van der Waals surface area contributed by atoms with Crippen LogP contribution in [-0.2, 0) is 11.3 Å². The summed E-state index contributed by atoms with van der Waals surface area (Å²) in [6.45, 7) is 7.27. The molecule has 0 radical (unpaired) electrons. The van der Waals surface area contributed by atoms with Crippen molar-refractivity contribution in [1.29, 1.82) is 0 Å². The molecule has 0 unspecified atom stereocenters. The number of carbonyl (C=O) groups is 1. The number of nitrogens with zero attached hydrogens (tertiary/aromatic N) is 4. The van der Waals surface area contributed by atoms with Crippen LogP contribution in [0.2, 0.25) is 0 Å². The topological polar surface area (TPSA) is 68.8 Å². The highest BCUT2D eigenvalue weighted by atomic mass is 16.5. The molecular formula is C20H24N4O3. The summed E-state index contributed by atoms with van der Waals surface area (Å²) in [5, 5.41) is 0. The second-order valence-corrected chi connectivity index (χ2v) is 6.21. The fraction of sp³-hybridized carbons (Fsp3) is 0.350. The lowest BCUT2D eigenvalue weighted by Gasteiger charge is -2.17. The summed E-state index contributed by atoms with van der Waals surface area (Å²) >= 11 is 0. The van der Waals surface area contributed by atoms with Crippen LogP contribution >= 0.6 is 0 Å². The Kier molecular flexibility index (Phi) is 6.03. The van der Waals surface area contributed by atoms with Crippen molar-refractivity contribution in [1.82, 2.24) is 19.1 Å². The molecule has 0 N–H and O–H groups in total. The molecule has 2 heterocycles. The monoisotopic (exact) mass is 368 g/mol. The third kappa shape index (κ3) is 4.25. The largest absolute Gasteiger partial charge is 0.461 e. The quantitative estimate of drug-likeness (QED) is 0.569. The summed E-state index contributed by atoms with van der Waals surface area (Å²) in [6, 6.07) is 11.5. The van der Waals surface area contributed by atoms with E-state index in [2.05, 4.69) is 23.7 Å². The van der Waals surface area contributed by atoms with Crippen molar-refractivity contribution in [2.75, 3.05) is 26.2 Å². The second-order valence-electron chi connectivity index (χ2n) is 6.21. The normalized spacial score (nSPS) is 11.2. The third-order valence-corrected chi connectivity index (χ3v) is 4.56. The molecule has 7 heteroatoms. The number of hydrogen-bond donors (Lipinski definition) is 0. The Hall–Kier alpha value is -2.93. The minimum absolute atomic E-state index is 0.0555. The maximum absolute atomic E-state index is 12.8. The lowest BCUT2D eigenvalue weighted by Crippen LogP contribution is -2.30. The highest BCUT2D eigenvalue weighted by Crippen LogP contribution is 2.06.